The zero-order valence-electron chi connectivity index (χ0n) is 13.3. The molecule has 2 aromatic carbocycles. The van der Waals surface area contributed by atoms with Crippen LogP contribution >= 0.6 is 12.0 Å². The maximum atomic E-state index is 9.91. The normalized spacial score (nSPS) is 10.6. The fraction of sp³-hybridized carbons (Fsp3) is 0.200. The summed E-state index contributed by atoms with van der Waals surface area (Å²) in [4.78, 5) is 0.520. The van der Waals surface area contributed by atoms with Gasteiger partial charge in [0.25, 0.3) is 0 Å². The summed E-state index contributed by atoms with van der Waals surface area (Å²) in [6.45, 7) is 2.33. The molecular weight excluding hydrogens is 359 g/mol. The average Bonchev–Trinajstić information content (AvgIpc) is 2.59. The SMILES string of the molecule is CCOc1ccc(N=Nc2ccc(CO)c(SOO[O-])c2)cc1.[K+]. The Hall–Kier alpha value is -0.334. The second-order valence-corrected chi connectivity index (χ2v) is 5.04. The third-order valence-corrected chi connectivity index (χ3v) is 3.48. The molecule has 0 aliphatic carbocycles. The fourth-order valence-electron chi connectivity index (χ4n) is 1.76. The van der Waals surface area contributed by atoms with E-state index < -0.39 is 0 Å². The first-order chi connectivity index (χ1) is 11.3. The van der Waals surface area contributed by atoms with Crippen LogP contribution in [-0.4, -0.2) is 11.7 Å². The average molecular weight is 374 g/mol. The van der Waals surface area contributed by atoms with E-state index in [4.69, 9.17) is 4.74 Å². The van der Waals surface area contributed by atoms with E-state index in [-0.39, 0.29) is 58.0 Å². The monoisotopic (exact) mass is 374 g/mol. The molecule has 0 fully saturated rings. The van der Waals surface area contributed by atoms with Crippen molar-refractivity contribution in [3.63, 3.8) is 0 Å². The first kappa shape index (κ1) is 21.7. The summed E-state index contributed by atoms with van der Waals surface area (Å²) in [6, 6.07) is 12.2. The second kappa shape index (κ2) is 12.1. The van der Waals surface area contributed by atoms with E-state index in [0.717, 1.165) is 5.75 Å². The summed E-state index contributed by atoms with van der Waals surface area (Å²) in [5, 5.41) is 30.7. The van der Waals surface area contributed by atoms with E-state index in [2.05, 4.69) is 19.6 Å². The van der Waals surface area contributed by atoms with Crippen LogP contribution in [0.15, 0.2) is 57.6 Å². The number of rotatable bonds is 8. The van der Waals surface area contributed by atoms with Crippen molar-refractivity contribution in [2.24, 2.45) is 10.2 Å². The number of benzene rings is 2. The van der Waals surface area contributed by atoms with Crippen molar-refractivity contribution in [2.75, 3.05) is 6.61 Å². The molecule has 0 radical (unpaired) electrons. The van der Waals surface area contributed by atoms with Gasteiger partial charge in [0, 0.05) is 4.90 Å². The first-order valence-corrected chi connectivity index (χ1v) is 7.52. The van der Waals surface area contributed by atoms with E-state index in [9.17, 15) is 10.4 Å². The largest absolute Gasteiger partial charge is 1.00 e. The maximum Gasteiger partial charge on any atom is 1.00 e. The third kappa shape index (κ3) is 6.88. The quantitative estimate of drug-likeness (QED) is 0.234. The molecule has 2 aromatic rings. The van der Waals surface area contributed by atoms with Crippen molar-refractivity contribution in [1.82, 2.24) is 0 Å². The van der Waals surface area contributed by atoms with Gasteiger partial charge < -0.3 is 15.1 Å². The van der Waals surface area contributed by atoms with Gasteiger partial charge in [-0.1, -0.05) is 6.07 Å². The maximum absolute atomic E-state index is 9.91. The zero-order valence-corrected chi connectivity index (χ0v) is 17.3. The Morgan fingerprint density at radius 1 is 1.08 bits per heavy atom. The van der Waals surface area contributed by atoms with Crippen LogP contribution in [0.25, 0.3) is 0 Å². The van der Waals surface area contributed by atoms with Gasteiger partial charge >= 0.3 is 51.4 Å². The van der Waals surface area contributed by atoms with Crippen molar-refractivity contribution < 1.29 is 75.9 Å². The van der Waals surface area contributed by atoms with Crippen LogP contribution in [0.4, 0.5) is 11.4 Å². The number of aliphatic hydroxyl groups excluding tert-OH is 1. The minimum absolute atomic E-state index is 0. The Morgan fingerprint density at radius 2 is 1.75 bits per heavy atom. The van der Waals surface area contributed by atoms with Gasteiger partial charge in [0.2, 0.25) is 0 Å². The summed E-state index contributed by atoms with van der Waals surface area (Å²) >= 11 is 0.702. The van der Waals surface area contributed by atoms with Crippen molar-refractivity contribution in [2.45, 2.75) is 18.4 Å². The standard InChI is InChI=1S/C15H16N2O5S.K/c1-2-20-14-7-5-12(6-8-14)16-17-13-4-3-11(10-18)15(9-13)23-22-21-19;/h3-9,18-19H,2,10H2,1H3;/q;+1/p-1. The summed E-state index contributed by atoms with van der Waals surface area (Å²) < 4.78 is 9.63. The van der Waals surface area contributed by atoms with Crippen LogP contribution in [-0.2, 0) is 16.0 Å². The number of azo groups is 1. The molecule has 0 heterocycles. The van der Waals surface area contributed by atoms with Crippen LogP contribution in [0, 0.1) is 0 Å². The molecule has 122 valence electrons. The van der Waals surface area contributed by atoms with E-state index in [1.54, 1.807) is 30.3 Å². The Bertz CT molecular complexity index is 655. The predicted octanol–water partition coefficient (Wildman–Crippen LogP) is 0.228. The second-order valence-electron chi connectivity index (χ2n) is 4.30. The van der Waals surface area contributed by atoms with Gasteiger partial charge in [-0.05, 0) is 48.9 Å². The number of aliphatic hydroxyl groups is 1. The van der Waals surface area contributed by atoms with Gasteiger partial charge in [-0.25, -0.2) is 0 Å². The molecule has 24 heavy (non-hydrogen) atoms. The van der Waals surface area contributed by atoms with E-state index >= 15 is 0 Å². The van der Waals surface area contributed by atoms with Gasteiger partial charge in [0.05, 0.1) is 36.6 Å². The molecule has 0 spiro atoms. The minimum atomic E-state index is -0.194. The molecule has 9 heteroatoms. The van der Waals surface area contributed by atoms with Crippen LogP contribution in [0.2, 0.25) is 0 Å². The van der Waals surface area contributed by atoms with Gasteiger partial charge in [0.15, 0.2) is 0 Å². The first-order valence-electron chi connectivity index (χ1n) is 6.78. The van der Waals surface area contributed by atoms with Gasteiger partial charge in [-0.2, -0.15) is 14.6 Å². The van der Waals surface area contributed by atoms with Gasteiger partial charge in [-0.15, -0.1) is 0 Å². The molecule has 0 bridgehead atoms. The molecule has 1 N–H and O–H groups in total. The summed E-state index contributed by atoms with van der Waals surface area (Å²) in [5.41, 5.74) is 1.81. The van der Waals surface area contributed by atoms with Crippen LogP contribution in [0.3, 0.4) is 0 Å². The minimum Gasteiger partial charge on any atom is -0.691 e. The fourth-order valence-corrected chi connectivity index (χ4v) is 2.26. The van der Waals surface area contributed by atoms with Crippen molar-refractivity contribution in [1.29, 1.82) is 0 Å². The molecule has 0 unspecified atom stereocenters. The Morgan fingerprint density at radius 3 is 2.38 bits per heavy atom. The molecule has 7 nitrogen and oxygen atoms in total. The molecule has 2 rings (SSSR count). The number of nitrogens with zero attached hydrogens (tertiary/aromatic N) is 2. The number of ether oxygens (including phenoxy) is 1. The van der Waals surface area contributed by atoms with Crippen LogP contribution in [0.1, 0.15) is 12.5 Å². The molecule has 0 atom stereocenters. The molecule has 0 amide bonds. The van der Waals surface area contributed by atoms with Crippen LogP contribution < -0.4 is 61.4 Å². The van der Waals surface area contributed by atoms with E-state index in [0.29, 0.717) is 40.5 Å². The van der Waals surface area contributed by atoms with Crippen LogP contribution in [0.5, 0.6) is 5.75 Å². The topological polar surface area (TPSA) is 95.7 Å². The number of hydrogen-bond acceptors (Lipinski definition) is 8. The van der Waals surface area contributed by atoms with E-state index in [1.165, 1.54) is 0 Å². The Labute approximate surface area is 186 Å². The molecule has 0 saturated heterocycles. The van der Waals surface area contributed by atoms with Gasteiger partial charge in [-0.3, -0.25) is 5.04 Å². The summed E-state index contributed by atoms with van der Waals surface area (Å²) in [6.07, 6.45) is 0. The molecule has 0 aromatic heterocycles. The van der Waals surface area contributed by atoms with Crippen molar-refractivity contribution in [3.05, 3.63) is 48.0 Å². The summed E-state index contributed by atoms with van der Waals surface area (Å²) in [7, 11) is 0. The smallest absolute Gasteiger partial charge is 0.691 e. The zero-order chi connectivity index (χ0) is 16.5. The molecule has 0 aliphatic rings. The summed E-state index contributed by atoms with van der Waals surface area (Å²) in [5.74, 6) is 0.771. The Balaban J connectivity index is 0.00000288. The molecule has 0 saturated carbocycles. The number of hydrogen-bond donors (Lipinski definition) is 1. The molecule has 0 aliphatic heterocycles. The van der Waals surface area contributed by atoms with Crippen molar-refractivity contribution >= 4 is 23.4 Å². The van der Waals surface area contributed by atoms with Gasteiger partial charge in [0.1, 0.15) is 5.75 Å². The Kier molecular flexibility index (Phi) is 10.9. The van der Waals surface area contributed by atoms with Crippen molar-refractivity contribution in [3.8, 4) is 5.75 Å². The molecular formula is C15H15KN2O5S. The third-order valence-electron chi connectivity index (χ3n) is 2.80. The predicted molar refractivity (Wildman–Crippen MR) is 82.2 cm³/mol. The van der Waals surface area contributed by atoms with E-state index in [1.807, 2.05) is 19.1 Å².